The first-order valence-corrected chi connectivity index (χ1v) is 5.51. The molecule has 0 aliphatic carbocycles. The molecule has 0 radical (unpaired) electrons. The fourth-order valence-electron chi connectivity index (χ4n) is 1.46. The Hall–Kier alpha value is -0.820. The minimum atomic E-state index is -0.0130. The maximum atomic E-state index is 11.0. The van der Waals surface area contributed by atoms with Gasteiger partial charge >= 0.3 is 0 Å². The van der Waals surface area contributed by atoms with Gasteiger partial charge in [-0.05, 0) is 23.5 Å². The fourth-order valence-corrected chi connectivity index (χ4v) is 1.67. The molecule has 1 unspecified atom stereocenters. The van der Waals surface area contributed by atoms with Gasteiger partial charge in [-0.1, -0.05) is 50.6 Å². The largest absolute Gasteiger partial charge is 0.303 e. The number of carbonyl (C=O) groups excluding carboxylic acids is 1. The quantitative estimate of drug-likeness (QED) is 0.715. The molecule has 0 saturated heterocycles. The van der Waals surface area contributed by atoms with Crippen LogP contribution in [0, 0.1) is 11.3 Å². The van der Waals surface area contributed by atoms with E-state index in [2.05, 4.69) is 20.8 Å². The molecular formula is C13H17ClO. The molecule has 15 heavy (non-hydrogen) atoms. The highest BCUT2D eigenvalue weighted by Gasteiger charge is 2.24. The molecule has 1 aromatic carbocycles. The maximum absolute atomic E-state index is 11.0. The first-order chi connectivity index (χ1) is 6.95. The Kier molecular flexibility index (Phi) is 3.92. The van der Waals surface area contributed by atoms with Crippen LogP contribution in [0.5, 0.6) is 0 Å². The lowest BCUT2D eigenvalue weighted by atomic mass is 9.78. The van der Waals surface area contributed by atoms with Crippen molar-refractivity contribution in [2.24, 2.45) is 11.3 Å². The van der Waals surface area contributed by atoms with Crippen LogP contribution in [0.15, 0.2) is 24.3 Å². The van der Waals surface area contributed by atoms with Gasteiger partial charge in [0.1, 0.15) is 6.29 Å². The van der Waals surface area contributed by atoms with E-state index in [0.717, 1.165) is 16.9 Å². The third-order valence-corrected chi connectivity index (χ3v) is 3.04. The average molecular weight is 225 g/mol. The minimum absolute atomic E-state index is 0.0115. The summed E-state index contributed by atoms with van der Waals surface area (Å²) in [5, 5.41) is 0.744. The predicted molar refractivity (Wildman–Crippen MR) is 64.2 cm³/mol. The number of benzene rings is 1. The zero-order chi connectivity index (χ0) is 11.5. The Labute approximate surface area is 96.5 Å². The van der Waals surface area contributed by atoms with Crippen LogP contribution in [0.1, 0.15) is 26.3 Å². The highest BCUT2D eigenvalue weighted by molar-refractivity contribution is 6.31. The van der Waals surface area contributed by atoms with Crippen molar-refractivity contribution in [2.75, 3.05) is 0 Å². The van der Waals surface area contributed by atoms with E-state index >= 15 is 0 Å². The zero-order valence-corrected chi connectivity index (χ0v) is 10.2. The average Bonchev–Trinajstić information content (AvgIpc) is 2.14. The predicted octanol–water partition coefficient (Wildman–Crippen LogP) is 3.74. The lowest BCUT2D eigenvalue weighted by Crippen LogP contribution is -2.24. The third kappa shape index (κ3) is 3.35. The highest BCUT2D eigenvalue weighted by atomic mass is 35.5. The molecule has 0 aliphatic heterocycles. The Morgan fingerprint density at radius 1 is 1.33 bits per heavy atom. The topological polar surface area (TPSA) is 17.1 Å². The van der Waals surface area contributed by atoms with Crippen LogP contribution < -0.4 is 0 Å². The molecular weight excluding hydrogens is 208 g/mol. The maximum Gasteiger partial charge on any atom is 0.123 e. The Balaban J connectivity index is 2.85. The summed E-state index contributed by atoms with van der Waals surface area (Å²) < 4.78 is 0. The molecule has 82 valence electrons. The molecule has 1 aromatic rings. The number of rotatable bonds is 3. The van der Waals surface area contributed by atoms with Crippen LogP contribution in [-0.2, 0) is 11.2 Å². The van der Waals surface area contributed by atoms with E-state index in [4.69, 9.17) is 11.6 Å². The van der Waals surface area contributed by atoms with E-state index in [9.17, 15) is 4.79 Å². The molecule has 2 heteroatoms. The van der Waals surface area contributed by atoms with Gasteiger partial charge in [-0.3, -0.25) is 0 Å². The Morgan fingerprint density at radius 2 is 1.93 bits per heavy atom. The van der Waals surface area contributed by atoms with Crippen molar-refractivity contribution in [2.45, 2.75) is 27.2 Å². The molecule has 1 rings (SSSR count). The normalized spacial score (nSPS) is 13.6. The van der Waals surface area contributed by atoms with Crippen molar-refractivity contribution >= 4 is 17.9 Å². The van der Waals surface area contributed by atoms with Crippen LogP contribution >= 0.6 is 11.6 Å². The second-order valence-electron chi connectivity index (χ2n) is 4.90. The summed E-state index contributed by atoms with van der Waals surface area (Å²) in [6.45, 7) is 6.22. The fraction of sp³-hybridized carbons (Fsp3) is 0.462. The standard InChI is InChI=1S/C13H17ClO/c1-13(2,3)11(9-15)8-10-6-4-5-7-12(10)14/h4-7,9,11H,8H2,1-3H3. The van der Waals surface area contributed by atoms with Gasteiger partial charge in [0.2, 0.25) is 0 Å². The molecule has 0 amide bonds. The number of aldehydes is 1. The molecule has 0 aliphatic rings. The van der Waals surface area contributed by atoms with Gasteiger partial charge in [-0.2, -0.15) is 0 Å². The molecule has 0 fully saturated rings. The third-order valence-electron chi connectivity index (χ3n) is 2.67. The van der Waals surface area contributed by atoms with Crippen molar-refractivity contribution in [1.82, 2.24) is 0 Å². The van der Waals surface area contributed by atoms with Gasteiger partial charge in [0.05, 0.1) is 0 Å². The number of halogens is 1. The molecule has 0 saturated carbocycles. The zero-order valence-electron chi connectivity index (χ0n) is 9.46. The van der Waals surface area contributed by atoms with Crippen LogP contribution in [0.25, 0.3) is 0 Å². The van der Waals surface area contributed by atoms with Crippen molar-refractivity contribution in [1.29, 1.82) is 0 Å². The van der Waals surface area contributed by atoms with Crippen LogP contribution in [-0.4, -0.2) is 6.29 Å². The van der Waals surface area contributed by atoms with E-state index in [1.807, 2.05) is 24.3 Å². The van der Waals surface area contributed by atoms with Gasteiger partial charge < -0.3 is 4.79 Å². The lowest BCUT2D eigenvalue weighted by molar-refractivity contribution is -0.113. The molecule has 0 heterocycles. The first-order valence-electron chi connectivity index (χ1n) is 5.14. The van der Waals surface area contributed by atoms with Crippen molar-refractivity contribution in [3.8, 4) is 0 Å². The molecule has 1 nitrogen and oxygen atoms in total. The summed E-state index contributed by atoms with van der Waals surface area (Å²) in [5.41, 5.74) is 1.03. The molecule has 1 atom stereocenters. The van der Waals surface area contributed by atoms with E-state index in [1.165, 1.54) is 0 Å². The first kappa shape index (κ1) is 12.3. The van der Waals surface area contributed by atoms with Crippen molar-refractivity contribution < 1.29 is 4.79 Å². The van der Waals surface area contributed by atoms with Gasteiger partial charge in [0.15, 0.2) is 0 Å². The summed E-state index contributed by atoms with van der Waals surface area (Å²) in [4.78, 5) is 11.0. The van der Waals surface area contributed by atoms with Crippen molar-refractivity contribution in [3.05, 3.63) is 34.9 Å². The Morgan fingerprint density at radius 3 is 2.40 bits per heavy atom. The smallest absolute Gasteiger partial charge is 0.123 e. The van der Waals surface area contributed by atoms with Gasteiger partial charge in [0.25, 0.3) is 0 Å². The van der Waals surface area contributed by atoms with E-state index < -0.39 is 0 Å². The summed E-state index contributed by atoms with van der Waals surface area (Å²) in [7, 11) is 0. The number of hydrogen-bond donors (Lipinski definition) is 0. The number of carbonyl (C=O) groups is 1. The minimum Gasteiger partial charge on any atom is -0.303 e. The summed E-state index contributed by atoms with van der Waals surface area (Å²) in [5.74, 6) is 0.0115. The summed E-state index contributed by atoms with van der Waals surface area (Å²) in [6, 6.07) is 7.69. The van der Waals surface area contributed by atoms with Crippen LogP contribution in [0.2, 0.25) is 5.02 Å². The second-order valence-corrected chi connectivity index (χ2v) is 5.31. The summed E-state index contributed by atoms with van der Waals surface area (Å²) in [6.07, 6.45) is 1.75. The van der Waals surface area contributed by atoms with E-state index in [-0.39, 0.29) is 11.3 Å². The highest BCUT2D eigenvalue weighted by Crippen LogP contribution is 2.29. The molecule has 0 bridgehead atoms. The second kappa shape index (κ2) is 4.80. The van der Waals surface area contributed by atoms with Crippen LogP contribution in [0.4, 0.5) is 0 Å². The van der Waals surface area contributed by atoms with Crippen molar-refractivity contribution in [3.63, 3.8) is 0 Å². The van der Waals surface area contributed by atoms with E-state index in [0.29, 0.717) is 6.42 Å². The lowest BCUT2D eigenvalue weighted by Gasteiger charge is -2.26. The molecule has 0 spiro atoms. The monoisotopic (exact) mass is 224 g/mol. The van der Waals surface area contributed by atoms with Gasteiger partial charge in [0, 0.05) is 10.9 Å². The van der Waals surface area contributed by atoms with Crippen LogP contribution in [0.3, 0.4) is 0 Å². The number of hydrogen-bond acceptors (Lipinski definition) is 1. The Bertz CT molecular complexity index is 339. The molecule has 0 aromatic heterocycles. The van der Waals surface area contributed by atoms with Gasteiger partial charge in [-0.15, -0.1) is 0 Å². The SMILES string of the molecule is CC(C)(C)C(C=O)Cc1ccccc1Cl. The summed E-state index contributed by atoms with van der Waals surface area (Å²) >= 11 is 6.06. The molecule has 0 N–H and O–H groups in total. The van der Waals surface area contributed by atoms with Gasteiger partial charge in [-0.25, -0.2) is 0 Å². The van der Waals surface area contributed by atoms with E-state index in [1.54, 1.807) is 0 Å².